The molecule has 0 aliphatic carbocycles. The summed E-state index contributed by atoms with van der Waals surface area (Å²) in [5.41, 5.74) is 2.23. The molecule has 0 saturated carbocycles. The zero-order valence-corrected chi connectivity index (χ0v) is 17.3. The van der Waals surface area contributed by atoms with Crippen molar-refractivity contribution >= 4 is 17.5 Å². The fourth-order valence-corrected chi connectivity index (χ4v) is 3.94. The third-order valence-electron chi connectivity index (χ3n) is 4.62. The maximum Gasteiger partial charge on any atom is 0.192 e. The molecule has 1 aromatic heterocycles. The Hall–Kier alpha value is -2.60. The molecule has 3 rings (SSSR count). The minimum Gasteiger partial charge on any atom is -0.497 e. The van der Waals surface area contributed by atoms with Crippen molar-refractivity contribution in [1.82, 2.24) is 14.8 Å². The fraction of sp³-hybridized carbons (Fsp3) is 0.318. The number of nitrogens with zero attached hydrogens (tertiary/aromatic N) is 3. The number of rotatable bonds is 9. The Morgan fingerprint density at radius 2 is 1.82 bits per heavy atom. The van der Waals surface area contributed by atoms with Gasteiger partial charge in [-0.25, -0.2) is 0 Å². The number of aryl methyl sites for hydroxylation is 1. The average molecular weight is 396 g/mol. The van der Waals surface area contributed by atoms with Gasteiger partial charge in [0, 0.05) is 18.5 Å². The van der Waals surface area contributed by atoms with E-state index in [-0.39, 0.29) is 11.0 Å². The van der Waals surface area contributed by atoms with Gasteiger partial charge in [-0.15, -0.1) is 10.2 Å². The van der Waals surface area contributed by atoms with Gasteiger partial charge in [0.2, 0.25) is 0 Å². The molecule has 0 spiro atoms. The van der Waals surface area contributed by atoms with E-state index in [1.165, 1.54) is 17.3 Å². The minimum atomic E-state index is -0.145. The van der Waals surface area contributed by atoms with Gasteiger partial charge in [0.1, 0.15) is 11.5 Å². The summed E-state index contributed by atoms with van der Waals surface area (Å²) in [6.07, 6.45) is 1.39. The molecule has 0 saturated heterocycles. The lowest BCUT2D eigenvalue weighted by atomic mass is 10.1. The van der Waals surface area contributed by atoms with E-state index in [2.05, 4.69) is 26.9 Å². The first-order valence-electron chi connectivity index (χ1n) is 9.43. The van der Waals surface area contributed by atoms with Crippen molar-refractivity contribution in [1.29, 1.82) is 0 Å². The van der Waals surface area contributed by atoms with Crippen molar-refractivity contribution in [2.45, 2.75) is 43.6 Å². The van der Waals surface area contributed by atoms with Gasteiger partial charge in [-0.3, -0.25) is 4.79 Å². The second-order valence-electron chi connectivity index (χ2n) is 6.50. The number of Topliss-reactive ketones (excluding diaryl/α,β-unsaturated/α-hetero) is 1. The number of ketones is 1. The van der Waals surface area contributed by atoms with E-state index >= 15 is 0 Å². The van der Waals surface area contributed by atoms with E-state index in [1.807, 2.05) is 56.3 Å². The van der Waals surface area contributed by atoms with E-state index in [4.69, 9.17) is 4.74 Å². The van der Waals surface area contributed by atoms with Gasteiger partial charge >= 0.3 is 0 Å². The number of carbonyl (C=O) groups excluding carboxylic acids is 1. The Balaban J connectivity index is 1.90. The highest BCUT2D eigenvalue weighted by Crippen LogP contribution is 2.28. The SMILES string of the molecule is CCC(=O)C(C)Sc1nnc(-c2ccc(OC)cc2)n1CCc1ccccc1. The molecule has 1 atom stereocenters. The van der Waals surface area contributed by atoms with Crippen molar-refractivity contribution in [3.8, 4) is 17.1 Å². The standard InChI is InChI=1S/C22H25N3O2S/c1-4-20(26)16(2)28-22-24-23-21(18-10-12-19(27-3)13-11-18)25(22)15-14-17-8-6-5-7-9-17/h5-13,16H,4,14-15H2,1-3H3. The quantitative estimate of drug-likeness (QED) is 0.493. The Morgan fingerprint density at radius 1 is 1.11 bits per heavy atom. The molecule has 0 aliphatic heterocycles. The largest absolute Gasteiger partial charge is 0.497 e. The Kier molecular flexibility index (Phi) is 6.87. The normalized spacial score (nSPS) is 12.0. The van der Waals surface area contributed by atoms with Crippen molar-refractivity contribution in [3.63, 3.8) is 0 Å². The molecule has 0 aliphatic rings. The molecular formula is C22H25N3O2S. The van der Waals surface area contributed by atoms with E-state index in [9.17, 15) is 4.79 Å². The van der Waals surface area contributed by atoms with E-state index < -0.39 is 0 Å². The zero-order valence-electron chi connectivity index (χ0n) is 16.5. The molecule has 0 amide bonds. The number of thioether (sulfide) groups is 1. The molecule has 0 bridgehead atoms. The van der Waals surface area contributed by atoms with Crippen LogP contribution in [0.4, 0.5) is 0 Å². The van der Waals surface area contributed by atoms with Gasteiger partial charge in [0.05, 0.1) is 12.4 Å². The lowest BCUT2D eigenvalue weighted by molar-refractivity contribution is -0.118. The molecule has 3 aromatic rings. The predicted molar refractivity (Wildman–Crippen MR) is 113 cm³/mol. The summed E-state index contributed by atoms with van der Waals surface area (Å²) >= 11 is 1.48. The Labute approximate surface area is 170 Å². The highest BCUT2D eigenvalue weighted by molar-refractivity contribution is 8.00. The van der Waals surface area contributed by atoms with Crippen LogP contribution in [0.2, 0.25) is 0 Å². The summed E-state index contributed by atoms with van der Waals surface area (Å²) in [4.78, 5) is 12.1. The molecule has 1 heterocycles. The lowest BCUT2D eigenvalue weighted by Crippen LogP contribution is -2.13. The number of benzene rings is 2. The molecule has 2 aromatic carbocycles. The van der Waals surface area contributed by atoms with Gasteiger partial charge in [0.25, 0.3) is 0 Å². The van der Waals surface area contributed by atoms with Gasteiger partial charge in [-0.05, 0) is 43.2 Å². The second-order valence-corrected chi connectivity index (χ2v) is 7.81. The molecular weight excluding hydrogens is 370 g/mol. The van der Waals surface area contributed by atoms with Gasteiger partial charge < -0.3 is 9.30 Å². The van der Waals surface area contributed by atoms with Crippen LogP contribution in [0, 0.1) is 0 Å². The summed E-state index contributed by atoms with van der Waals surface area (Å²) in [6, 6.07) is 18.1. The molecule has 0 N–H and O–H groups in total. The van der Waals surface area contributed by atoms with Crippen LogP contribution < -0.4 is 4.74 Å². The molecule has 1 unspecified atom stereocenters. The van der Waals surface area contributed by atoms with Gasteiger partial charge in [0.15, 0.2) is 11.0 Å². The third-order valence-corrected chi connectivity index (χ3v) is 5.75. The summed E-state index contributed by atoms with van der Waals surface area (Å²) in [6.45, 7) is 4.57. The maximum atomic E-state index is 12.1. The van der Waals surface area contributed by atoms with E-state index in [1.54, 1.807) is 7.11 Å². The highest BCUT2D eigenvalue weighted by Gasteiger charge is 2.20. The summed E-state index contributed by atoms with van der Waals surface area (Å²) < 4.78 is 7.36. The van der Waals surface area contributed by atoms with Crippen LogP contribution in [0.15, 0.2) is 59.8 Å². The van der Waals surface area contributed by atoms with Crippen LogP contribution in [0.25, 0.3) is 11.4 Å². The topological polar surface area (TPSA) is 57.0 Å². The maximum absolute atomic E-state index is 12.1. The summed E-state index contributed by atoms with van der Waals surface area (Å²) in [5, 5.41) is 9.46. The number of methoxy groups -OCH3 is 1. The third kappa shape index (κ3) is 4.81. The smallest absolute Gasteiger partial charge is 0.192 e. The molecule has 6 heteroatoms. The minimum absolute atomic E-state index is 0.145. The van der Waals surface area contributed by atoms with Crippen LogP contribution in [-0.4, -0.2) is 32.9 Å². The second kappa shape index (κ2) is 9.55. The van der Waals surface area contributed by atoms with Crippen molar-refractivity contribution in [3.05, 3.63) is 60.2 Å². The number of ether oxygens (including phenoxy) is 1. The van der Waals surface area contributed by atoms with E-state index in [0.717, 1.165) is 35.3 Å². The van der Waals surface area contributed by atoms with Crippen LogP contribution in [0.1, 0.15) is 25.8 Å². The van der Waals surface area contributed by atoms with Crippen molar-refractivity contribution < 1.29 is 9.53 Å². The lowest BCUT2D eigenvalue weighted by Gasteiger charge is -2.13. The van der Waals surface area contributed by atoms with Crippen LogP contribution in [0.5, 0.6) is 5.75 Å². The van der Waals surface area contributed by atoms with E-state index in [0.29, 0.717) is 6.42 Å². The molecule has 0 radical (unpaired) electrons. The molecule has 0 fully saturated rings. The molecule has 28 heavy (non-hydrogen) atoms. The number of carbonyl (C=O) groups is 1. The zero-order chi connectivity index (χ0) is 19.9. The summed E-state index contributed by atoms with van der Waals surface area (Å²) in [5.74, 6) is 1.82. The first-order chi connectivity index (χ1) is 13.6. The first kappa shape index (κ1) is 20.1. The Bertz CT molecular complexity index is 907. The number of aromatic nitrogens is 3. The van der Waals surface area contributed by atoms with Crippen molar-refractivity contribution in [2.24, 2.45) is 0 Å². The Morgan fingerprint density at radius 3 is 2.46 bits per heavy atom. The molecule has 5 nitrogen and oxygen atoms in total. The fourth-order valence-electron chi connectivity index (χ4n) is 2.93. The monoisotopic (exact) mass is 395 g/mol. The van der Waals surface area contributed by atoms with Crippen LogP contribution in [0.3, 0.4) is 0 Å². The van der Waals surface area contributed by atoms with Crippen LogP contribution in [-0.2, 0) is 17.8 Å². The summed E-state index contributed by atoms with van der Waals surface area (Å²) in [7, 11) is 1.65. The number of hydrogen-bond acceptors (Lipinski definition) is 5. The highest BCUT2D eigenvalue weighted by atomic mass is 32.2. The van der Waals surface area contributed by atoms with Crippen LogP contribution >= 0.6 is 11.8 Å². The average Bonchev–Trinajstić information content (AvgIpc) is 3.14. The molecule has 146 valence electrons. The van der Waals surface area contributed by atoms with Crippen molar-refractivity contribution in [2.75, 3.05) is 7.11 Å². The predicted octanol–water partition coefficient (Wildman–Crippen LogP) is 4.66. The first-order valence-corrected chi connectivity index (χ1v) is 10.3. The van der Waals surface area contributed by atoms with Gasteiger partial charge in [-0.1, -0.05) is 49.0 Å². The van der Waals surface area contributed by atoms with Gasteiger partial charge in [-0.2, -0.15) is 0 Å². The number of hydrogen-bond donors (Lipinski definition) is 0.